The fourth-order valence-electron chi connectivity index (χ4n) is 2.48. The summed E-state index contributed by atoms with van der Waals surface area (Å²) >= 11 is 1.96. The van der Waals surface area contributed by atoms with Crippen LogP contribution in [0.25, 0.3) is 0 Å². The smallest absolute Gasteiger partial charge is 0.135 e. The van der Waals surface area contributed by atoms with Gasteiger partial charge in [0.15, 0.2) is 0 Å². The molecule has 2 aliphatic rings. The van der Waals surface area contributed by atoms with Gasteiger partial charge in [-0.25, -0.2) is 9.97 Å². The van der Waals surface area contributed by atoms with Crippen LogP contribution in [0.5, 0.6) is 0 Å². The SMILES string of the molecule is CCNc1cc(SC2CCCC2)nc(C2CC2)n1. The van der Waals surface area contributed by atoms with Gasteiger partial charge >= 0.3 is 0 Å². The van der Waals surface area contributed by atoms with Crippen molar-refractivity contribution in [3.63, 3.8) is 0 Å². The zero-order valence-electron chi connectivity index (χ0n) is 11.0. The van der Waals surface area contributed by atoms with Gasteiger partial charge in [-0.1, -0.05) is 12.8 Å². The van der Waals surface area contributed by atoms with Gasteiger partial charge in [-0.3, -0.25) is 0 Å². The third kappa shape index (κ3) is 2.97. The van der Waals surface area contributed by atoms with Crippen molar-refractivity contribution in [2.45, 2.75) is 61.6 Å². The van der Waals surface area contributed by atoms with E-state index in [0.717, 1.165) is 23.4 Å². The van der Waals surface area contributed by atoms with Crippen molar-refractivity contribution < 1.29 is 0 Å². The van der Waals surface area contributed by atoms with Crippen LogP contribution in [0.4, 0.5) is 5.82 Å². The number of thioether (sulfide) groups is 1. The fraction of sp³-hybridized carbons (Fsp3) is 0.714. The van der Waals surface area contributed by atoms with Gasteiger partial charge in [0.1, 0.15) is 16.7 Å². The van der Waals surface area contributed by atoms with Crippen molar-refractivity contribution in [1.29, 1.82) is 0 Å². The van der Waals surface area contributed by atoms with E-state index in [2.05, 4.69) is 23.3 Å². The molecule has 1 aromatic rings. The van der Waals surface area contributed by atoms with Crippen molar-refractivity contribution in [1.82, 2.24) is 9.97 Å². The highest BCUT2D eigenvalue weighted by Gasteiger charge is 2.28. The lowest BCUT2D eigenvalue weighted by Gasteiger charge is -2.11. The molecule has 0 saturated heterocycles. The summed E-state index contributed by atoms with van der Waals surface area (Å²) in [6.45, 7) is 3.04. The first-order chi connectivity index (χ1) is 8.85. The van der Waals surface area contributed by atoms with Crippen LogP contribution < -0.4 is 5.32 Å². The van der Waals surface area contributed by atoms with E-state index in [1.807, 2.05) is 11.8 Å². The molecule has 3 rings (SSSR count). The molecule has 3 nitrogen and oxygen atoms in total. The van der Waals surface area contributed by atoms with Gasteiger partial charge in [0.2, 0.25) is 0 Å². The first kappa shape index (κ1) is 12.3. The molecule has 0 aliphatic heterocycles. The molecule has 0 unspecified atom stereocenters. The maximum Gasteiger partial charge on any atom is 0.135 e. The highest BCUT2D eigenvalue weighted by Crippen LogP contribution is 2.40. The van der Waals surface area contributed by atoms with E-state index in [1.165, 1.54) is 43.6 Å². The summed E-state index contributed by atoms with van der Waals surface area (Å²) in [6.07, 6.45) is 8.01. The molecule has 0 spiro atoms. The first-order valence-corrected chi connectivity index (χ1v) is 8.02. The summed E-state index contributed by atoms with van der Waals surface area (Å²) in [4.78, 5) is 9.38. The standard InChI is InChI=1S/C14H21N3S/c1-2-15-12-9-13(18-11-5-3-4-6-11)17-14(16-12)10-7-8-10/h9-11H,2-8H2,1H3,(H,15,16,17). The summed E-state index contributed by atoms with van der Waals surface area (Å²) < 4.78 is 0. The first-order valence-electron chi connectivity index (χ1n) is 7.14. The number of nitrogens with one attached hydrogen (secondary N) is 1. The zero-order chi connectivity index (χ0) is 12.4. The highest BCUT2D eigenvalue weighted by atomic mass is 32.2. The van der Waals surface area contributed by atoms with E-state index in [1.54, 1.807) is 0 Å². The average molecular weight is 263 g/mol. The minimum Gasteiger partial charge on any atom is -0.370 e. The topological polar surface area (TPSA) is 37.8 Å². The molecule has 18 heavy (non-hydrogen) atoms. The van der Waals surface area contributed by atoms with E-state index >= 15 is 0 Å². The van der Waals surface area contributed by atoms with Crippen LogP contribution in [0, 0.1) is 0 Å². The lowest BCUT2D eigenvalue weighted by molar-refractivity contribution is 0.862. The molecule has 0 atom stereocenters. The maximum atomic E-state index is 4.75. The van der Waals surface area contributed by atoms with Gasteiger partial charge < -0.3 is 5.32 Å². The number of anilines is 1. The minimum atomic E-state index is 0.631. The highest BCUT2D eigenvalue weighted by molar-refractivity contribution is 7.99. The van der Waals surface area contributed by atoms with Gasteiger partial charge in [0, 0.05) is 23.8 Å². The number of hydrogen-bond acceptors (Lipinski definition) is 4. The molecule has 0 aromatic carbocycles. The zero-order valence-corrected chi connectivity index (χ0v) is 11.8. The monoisotopic (exact) mass is 263 g/mol. The summed E-state index contributed by atoms with van der Waals surface area (Å²) in [5, 5.41) is 5.29. The van der Waals surface area contributed by atoms with E-state index in [0.29, 0.717) is 5.92 Å². The number of nitrogens with zero attached hydrogens (tertiary/aromatic N) is 2. The minimum absolute atomic E-state index is 0.631. The van der Waals surface area contributed by atoms with Crippen molar-refractivity contribution in [2.24, 2.45) is 0 Å². The lowest BCUT2D eigenvalue weighted by atomic mass is 10.4. The average Bonchev–Trinajstić information content (AvgIpc) is 3.09. The van der Waals surface area contributed by atoms with Gasteiger partial charge in [0.05, 0.1) is 0 Å². The van der Waals surface area contributed by atoms with Gasteiger partial charge in [-0.05, 0) is 32.6 Å². The Bertz CT molecular complexity index is 412. The fourth-order valence-corrected chi connectivity index (χ4v) is 3.71. The summed E-state index contributed by atoms with van der Waals surface area (Å²) in [6, 6.07) is 2.12. The predicted molar refractivity (Wildman–Crippen MR) is 76.3 cm³/mol. The molecule has 1 heterocycles. The molecule has 1 N–H and O–H groups in total. The third-order valence-electron chi connectivity index (χ3n) is 3.61. The lowest BCUT2D eigenvalue weighted by Crippen LogP contribution is -2.05. The second kappa shape index (κ2) is 5.47. The van der Waals surface area contributed by atoms with E-state index in [-0.39, 0.29) is 0 Å². The number of aromatic nitrogens is 2. The Morgan fingerprint density at radius 2 is 2.00 bits per heavy atom. The molecule has 4 heteroatoms. The predicted octanol–water partition coefficient (Wildman–Crippen LogP) is 3.82. The summed E-state index contributed by atoms with van der Waals surface area (Å²) in [5.74, 6) is 2.70. The molecule has 98 valence electrons. The quantitative estimate of drug-likeness (QED) is 0.820. The van der Waals surface area contributed by atoms with Crippen LogP contribution in [0.15, 0.2) is 11.1 Å². The summed E-state index contributed by atoms with van der Waals surface area (Å²) in [7, 11) is 0. The van der Waals surface area contributed by atoms with E-state index in [9.17, 15) is 0 Å². The van der Waals surface area contributed by atoms with Crippen LogP contribution in [-0.2, 0) is 0 Å². The summed E-state index contributed by atoms with van der Waals surface area (Å²) in [5.41, 5.74) is 0. The number of hydrogen-bond donors (Lipinski definition) is 1. The van der Waals surface area contributed by atoms with Crippen LogP contribution in [0.1, 0.15) is 57.2 Å². The molecule has 2 aliphatic carbocycles. The van der Waals surface area contributed by atoms with Crippen molar-refractivity contribution >= 4 is 17.6 Å². The largest absolute Gasteiger partial charge is 0.370 e. The van der Waals surface area contributed by atoms with E-state index < -0.39 is 0 Å². The van der Waals surface area contributed by atoms with Gasteiger partial charge in [-0.15, -0.1) is 11.8 Å². The van der Waals surface area contributed by atoms with Crippen LogP contribution in [0.3, 0.4) is 0 Å². The Hall–Kier alpha value is -0.770. The van der Waals surface area contributed by atoms with Crippen molar-refractivity contribution in [2.75, 3.05) is 11.9 Å². The maximum absolute atomic E-state index is 4.75. The number of rotatable bonds is 5. The van der Waals surface area contributed by atoms with Crippen molar-refractivity contribution in [3.8, 4) is 0 Å². The van der Waals surface area contributed by atoms with Crippen molar-refractivity contribution in [3.05, 3.63) is 11.9 Å². The van der Waals surface area contributed by atoms with Gasteiger partial charge in [-0.2, -0.15) is 0 Å². The molecular formula is C14H21N3S. The molecule has 2 saturated carbocycles. The Labute approximate surface area is 113 Å². The molecule has 0 amide bonds. The van der Waals surface area contributed by atoms with Crippen LogP contribution in [0.2, 0.25) is 0 Å². The Kier molecular flexibility index (Phi) is 3.73. The van der Waals surface area contributed by atoms with Crippen LogP contribution >= 0.6 is 11.8 Å². The normalized spacial score (nSPS) is 20.3. The third-order valence-corrected chi connectivity index (χ3v) is 4.87. The second-order valence-electron chi connectivity index (χ2n) is 5.28. The molecular weight excluding hydrogens is 242 g/mol. The Morgan fingerprint density at radius 3 is 2.67 bits per heavy atom. The molecule has 1 aromatic heterocycles. The molecule has 0 radical (unpaired) electrons. The van der Waals surface area contributed by atoms with Gasteiger partial charge in [0.25, 0.3) is 0 Å². The van der Waals surface area contributed by atoms with Crippen LogP contribution in [-0.4, -0.2) is 21.8 Å². The molecule has 0 bridgehead atoms. The Morgan fingerprint density at radius 1 is 1.22 bits per heavy atom. The molecule has 2 fully saturated rings. The Balaban J connectivity index is 1.77. The second-order valence-corrected chi connectivity index (χ2v) is 6.60. The van der Waals surface area contributed by atoms with E-state index in [4.69, 9.17) is 4.98 Å².